The Hall–Kier alpha value is -1.13. The smallest absolute Gasteiger partial charge is 0.250 e. The summed E-state index contributed by atoms with van der Waals surface area (Å²) in [7, 11) is 0. The molecule has 0 atom stereocenters. The summed E-state index contributed by atoms with van der Waals surface area (Å²) in [6, 6.07) is 4.21. The summed E-state index contributed by atoms with van der Waals surface area (Å²) in [4.78, 5) is 11.3. The minimum Gasteiger partial charge on any atom is -0.372 e. The topological polar surface area (TPSA) is 38.3 Å². The van der Waals surface area contributed by atoms with Crippen molar-refractivity contribution >= 4 is 23.2 Å². The molecule has 1 rings (SSSR count). The molecule has 1 aromatic carbocycles. The van der Waals surface area contributed by atoms with Gasteiger partial charge in [-0.3, -0.25) is 4.79 Å². The minimum absolute atomic E-state index is 0.00531. The highest BCUT2D eigenvalue weighted by atomic mass is 35.5. The van der Waals surface area contributed by atoms with Crippen LogP contribution in [0.15, 0.2) is 18.2 Å². The third kappa shape index (κ3) is 3.79. The maximum absolute atomic E-state index is 13.3. The molecular weight excluding hydrogens is 233 g/mol. The molecule has 0 unspecified atom stereocenters. The molecule has 0 aliphatic heterocycles. The summed E-state index contributed by atoms with van der Waals surface area (Å²) in [5, 5.41) is 2.54. The molecule has 16 heavy (non-hydrogen) atoms. The van der Waals surface area contributed by atoms with Crippen LogP contribution in [0.2, 0.25) is 5.02 Å². The summed E-state index contributed by atoms with van der Waals surface area (Å²) in [5.74, 6) is -0.975. The fourth-order valence-electron chi connectivity index (χ4n) is 1.10. The van der Waals surface area contributed by atoms with Crippen LogP contribution in [-0.4, -0.2) is 19.1 Å². The van der Waals surface area contributed by atoms with Gasteiger partial charge in [0.1, 0.15) is 12.4 Å². The molecule has 0 bridgehead atoms. The van der Waals surface area contributed by atoms with E-state index in [-0.39, 0.29) is 17.3 Å². The maximum atomic E-state index is 13.3. The Balaban J connectivity index is 2.56. The molecule has 0 aromatic heterocycles. The molecule has 5 heteroatoms. The van der Waals surface area contributed by atoms with Crippen molar-refractivity contribution in [2.45, 2.75) is 13.3 Å². The van der Waals surface area contributed by atoms with Crippen molar-refractivity contribution in [2.24, 2.45) is 0 Å². The van der Waals surface area contributed by atoms with Crippen molar-refractivity contribution in [3.05, 3.63) is 29.0 Å². The van der Waals surface area contributed by atoms with Gasteiger partial charge < -0.3 is 10.1 Å². The molecular formula is C11H13ClFNO2. The van der Waals surface area contributed by atoms with E-state index in [0.717, 1.165) is 6.42 Å². The number of carbonyl (C=O) groups excluding carboxylic acids is 1. The Bertz CT molecular complexity index is 351. The summed E-state index contributed by atoms with van der Waals surface area (Å²) in [5.41, 5.74) is -0.00531. The van der Waals surface area contributed by atoms with Crippen LogP contribution in [-0.2, 0) is 9.53 Å². The van der Waals surface area contributed by atoms with E-state index in [1.165, 1.54) is 18.2 Å². The maximum Gasteiger partial charge on any atom is 0.250 e. The largest absolute Gasteiger partial charge is 0.372 e. The van der Waals surface area contributed by atoms with Gasteiger partial charge in [-0.25, -0.2) is 4.39 Å². The highest BCUT2D eigenvalue weighted by Gasteiger charge is 2.10. The average Bonchev–Trinajstić information content (AvgIpc) is 2.24. The number of amides is 1. The van der Waals surface area contributed by atoms with Crippen LogP contribution in [0.3, 0.4) is 0 Å². The Kier molecular flexibility index (Phi) is 5.22. The van der Waals surface area contributed by atoms with Gasteiger partial charge in [0, 0.05) is 6.61 Å². The number of halogens is 2. The highest BCUT2D eigenvalue weighted by Crippen LogP contribution is 2.24. The number of benzene rings is 1. The number of hydrogen-bond acceptors (Lipinski definition) is 2. The lowest BCUT2D eigenvalue weighted by molar-refractivity contribution is -0.120. The van der Waals surface area contributed by atoms with Crippen LogP contribution in [0.4, 0.5) is 10.1 Å². The predicted octanol–water partition coefficient (Wildman–Crippen LogP) is 2.84. The van der Waals surface area contributed by atoms with Crippen molar-refractivity contribution in [1.29, 1.82) is 0 Å². The van der Waals surface area contributed by atoms with E-state index in [4.69, 9.17) is 16.3 Å². The third-order valence-corrected chi connectivity index (χ3v) is 2.12. The zero-order valence-electron chi connectivity index (χ0n) is 8.93. The first-order valence-electron chi connectivity index (χ1n) is 4.96. The quantitative estimate of drug-likeness (QED) is 0.810. The molecule has 1 N–H and O–H groups in total. The van der Waals surface area contributed by atoms with Crippen LogP contribution in [0.1, 0.15) is 13.3 Å². The molecule has 1 aromatic rings. The second kappa shape index (κ2) is 6.45. The van der Waals surface area contributed by atoms with E-state index in [2.05, 4.69) is 5.32 Å². The molecule has 3 nitrogen and oxygen atoms in total. The van der Waals surface area contributed by atoms with Crippen LogP contribution in [0, 0.1) is 5.82 Å². The second-order valence-electron chi connectivity index (χ2n) is 3.20. The minimum atomic E-state index is -0.559. The Morgan fingerprint density at radius 3 is 2.94 bits per heavy atom. The Morgan fingerprint density at radius 1 is 1.56 bits per heavy atom. The number of carbonyl (C=O) groups is 1. The molecule has 0 fully saturated rings. The lowest BCUT2D eigenvalue weighted by atomic mass is 10.3. The molecule has 1 amide bonds. The molecule has 0 spiro atoms. The van der Waals surface area contributed by atoms with Crippen LogP contribution in [0.5, 0.6) is 0 Å². The molecule has 88 valence electrons. The number of ether oxygens (including phenoxy) is 1. The van der Waals surface area contributed by atoms with Crippen molar-refractivity contribution in [3.63, 3.8) is 0 Å². The zero-order chi connectivity index (χ0) is 12.0. The van der Waals surface area contributed by atoms with Crippen LogP contribution in [0.25, 0.3) is 0 Å². The fraction of sp³-hybridized carbons (Fsp3) is 0.364. The van der Waals surface area contributed by atoms with Gasteiger partial charge in [0.2, 0.25) is 5.91 Å². The first-order chi connectivity index (χ1) is 7.65. The SMILES string of the molecule is CCCOCC(=O)Nc1c(F)cccc1Cl. The number of hydrogen-bond donors (Lipinski definition) is 1. The zero-order valence-corrected chi connectivity index (χ0v) is 9.68. The monoisotopic (exact) mass is 245 g/mol. The molecule has 0 saturated heterocycles. The molecule has 0 radical (unpaired) electrons. The first kappa shape index (κ1) is 12.9. The average molecular weight is 246 g/mol. The van der Waals surface area contributed by atoms with Crippen molar-refractivity contribution in [2.75, 3.05) is 18.5 Å². The summed E-state index contributed by atoms with van der Waals surface area (Å²) in [6.45, 7) is 2.34. The molecule has 0 heterocycles. The fourth-order valence-corrected chi connectivity index (χ4v) is 1.31. The Morgan fingerprint density at radius 2 is 2.31 bits per heavy atom. The van der Waals surface area contributed by atoms with E-state index >= 15 is 0 Å². The standard InChI is InChI=1S/C11H13ClFNO2/c1-2-6-16-7-10(15)14-11-8(12)4-3-5-9(11)13/h3-5H,2,6-7H2,1H3,(H,14,15). The van der Waals surface area contributed by atoms with Crippen molar-refractivity contribution in [1.82, 2.24) is 0 Å². The number of para-hydroxylation sites is 1. The van der Waals surface area contributed by atoms with E-state index in [9.17, 15) is 9.18 Å². The number of nitrogens with one attached hydrogen (secondary N) is 1. The highest BCUT2D eigenvalue weighted by molar-refractivity contribution is 6.33. The lowest BCUT2D eigenvalue weighted by Gasteiger charge is -2.08. The van der Waals surface area contributed by atoms with Gasteiger partial charge in [-0.05, 0) is 18.6 Å². The van der Waals surface area contributed by atoms with Gasteiger partial charge in [0.25, 0.3) is 0 Å². The van der Waals surface area contributed by atoms with Gasteiger partial charge in [-0.2, -0.15) is 0 Å². The van der Waals surface area contributed by atoms with Gasteiger partial charge in [-0.1, -0.05) is 24.6 Å². The van der Waals surface area contributed by atoms with Crippen LogP contribution < -0.4 is 5.32 Å². The summed E-state index contributed by atoms with van der Waals surface area (Å²) in [6.07, 6.45) is 0.827. The molecule has 0 aliphatic rings. The van der Waals surface area contributed by atoms with Gasteiger partial charge in [-0.15, -0.1) is 0 Å². The lowest BCUT2D eigenvalue weighted by Crippen LogP contribution is -2.19. The Labute approximate surface area is 98.5 Å². The number of rotatable bonds is 5. The van der Waals surface area contributed by atoms with Crippen molar-refractivity contribution < 1.29 is 13.9 Å². The first-order valence-corrected chi connectivity index (χ1v) is 5.34. The van der Waals surface area contributed by atoms with E-state index in [0.29, 0.717) is 6.61 Å². The predicted molar refractivity (Wildman–Crippen MR) is 61.1 cm³/mol. The second-order valence-corrected chi connectivity index (χ2v) is 3.60. The van der Waals surface area contributed by atoms with E-state index in [1.807, 2.05) is 6.92 Å². The van der Waals surface area contributed by atoms with Gasteiger partial charge in [0.15, 0.2) is 0 Å². The van der Waals surface area contributed by atoms with Crippen molar-refractivity contribution in [3.8, 4) is 0 Å². The van der Waals surface area contributed by atoms with E-state index in [1.54, 1.807) is 0 Å². The van der Waals surface area contributed by atoms with E-state index < -0.39 is 11.7 Å². The number of anilines is 1. The normalized spacial score (nSPS) is 10.2. The summed E-state index contributed by atoms with van der Waals surface area (Å²) < 4.78 is 18.3. The van der Waals surface area contributed by atoms with Crippen LogP contribution >= 0.6 is 11.6 Å². The third-order valence-electron chi connectivity index (χ3n) is 1.81. The summed E-state index contributed by atoms with van der Waals surface area (Å²) >= 11 is 5.74. The van der Waals surface area contributed by atoms with Gasteiger partial charge in [0.05, 0.1) is 10.7 Å². The molecule has 0 aliphatic carbocycles. The van der Waals surface area contributed by atoms with Gasteiger partial charge >= 0.3 is 0 Å². The molecule has 0 saturated carbocycles.